The number of unbranched alkanes of at least 4 members (excludes halogenated alkanes) is 1. The van der Waals surface area contributed by atoms with Crippen LogP contribution in [0.3, 0.4) is 0 Å². The molecule has 0 aromatic heterocycles. The van der Waals surface area contributed by atoms with Gasteiger partial charge in [-0.1, -0.05) is 31.9 Å². The Labute approximate surface area is 148 Å². The van der Waals surface area contributed by atoms with Gasteiger partial charge in [-0.05, 0) is 18.6 Å². The van der Waals surface area contributed by atoms with E-state index in [2.05, 4.69) is 22.0 Å². The molecule has 24 heavy (non-hydrogen) atoms. The van der Waals surface area contributed by atoms with E-state index in [1.165, 1.54) is 6.07 Å². The Hall–Kier alpha value is -1.64. The van der Waals surface area contributed by atoms with Gasteiger partial charge in [-0.15, -0.1) is 12.4 Å². The van der Waals surface area contributed by atoms with E-state index in [4.69, 9.17) is 5.73 Å². The van der Waals surface area contributed by atoms with Crippen LogP contribution in [0.1, 0.15) is 31.7 Å². The number of amidine groups is 1. The first-order valence-corrected chi connectivity index (χ1v) is 9.12. The Morgan fingerprint density at radius 1 is 1.38 bits per heavy atom. The zero-order valence-electron chi connectivity index (χ0n) is 13.5. The van der Waals surface area contributed by atoms with Gasteiger partial charge in [0.05, 0.1) is 4.90 Å². The van der Waals surface area contributed by atoms with Gasteiger partial charge in [0.1, 0.15) is 12.4 Å². The molecule has 0 fully saturated rings. The molecule has 0 radical (unpaired) electrons. The van der Waals surface area contributed by atoms with Crippen LogP contribution in [-0.2, 0) is 14.8 Å². The monoisotopic (exact) mass is 374 g/mol. The number of hydrogen-bond acceptors (Lipinski definition) is 5. The molecule has 0 spiro atoms. The third kappa shape index (κ3) is 4.93. The molecule has 1 heterocycles. The molecule has 1 aliphatic heterocycles. The van der Waals surface area contributed by atoms with E-state index in [0.29, 0.717) is 12.1 Å². The number of sulfonamides is 1. The highest BCUT2D eigenvalue weighted by Gasteiger charge is 2.30. The number of amides is 1. The van der Waals surface area contributed by atoms with E-state index < -0.39 is 10.0 Å². The van der Waals surface area contributed by atoms with Gasteiger partial charge in [-0.3, -0.25) is 14.5 Å². The maximum absolute atomic E-state index is 12.0. The number of rotatable bonds is 7. The predicted molar refractivity (Wildman–Crippen MR) is 95.9 cm³/mol. The number of nitrogens with two attached hydrogens (primary N) is 1. The number of nitrogens with zero attached hydrogens (tertiary/aromatic N) is 1. The summed E-state index contributed by atoms with van der Waals surface area (Å²) in [6, 6.07) is 6.47. The number of hydrogen-bond donors (Lipinski definition) is 3. The zero-order chi connectivity index (χ0) is 16.9. The molecule has 1 aromatic rings. The maximum atomic E-state index is 12.0. The summed E-state index contributed by atoms with van der Waals surface area (Å²) in [5.41, 5.74) is 6.12. The molecular weight excluding hydrogens is 352 g/mol. The summed E-state index contributed by atoms with van der Waals surface area (Å²) < 4.78 is 26.3. The summed E-state index contributed by atoms with van der Waals surface area (Å²) in [6.45, 7) is 2.30. The minimum absolute atomic E-state index is 0. The molecule has 7 nitrogen and oxygen atoms in total. The lowest BCUT2D eigenvalue weighted by Crippen LogP contribution is -2.41. The molecule has 0 saturated carbocycles. The highest BCUT2D eigenvalue weighted by Crippen LogP contribution is 2.21. The standard InChI is InChI=1S/C15H22N4O3S.ClH/c1-2-3-6-11(9-16)18-14(20)10-17-15-12-7-4-5-8-13(12)23(21,22)19-15;/h4-5,7-8,11H,2-3,6,9-10,16H2,1H3,(H,17,19)(H,18,20);1H. The highest BCUT2D eigenvalue weighted by atomic mass is 35.5. The number of carbonyl (C=O) groups is 1. The number of aliphatic imine (C=N–C) groups is 1. The van der Waals surface area contributed by atoms with Crippen molar-refractivity contribution in [3.8, 4) is 0 Å². The van der Waals surface area contributed by atoms with Crippen molar-refractivity contribution < 1.29 is 13.2 Å². The number of benzene rings is 1. The SMILES string of the molecule is CCCCC(CN)NC(=O)CN=C1NS(=O)(=O)c2ccccc21.Cl. The quantitative estimate of drug-likeness (QED) is 0.654. The molecule has 9 heteroatoms. The first kappa shape index (κ1) is 20.4. The van der Waals surface area contributed by atoms with E-state index in [-0.39, 0.29) is 41.6 Å². The van der Waals surface area contributed by atoms with Crippen LogP contribution in [0, 0.1) is 0 Å². The van der Waals surface area contributed by atoms with Crippen molar-refractivity contribution in [1.29, 1.82) is 0 Å². The molecule has 4 N–H and O–H groups in total. The van der Waals surface area contributed by atoms with Crippen LogP contribution in [-0.4, -0.2) is 39.3 Å². The van der Waals surface area contributed by atoms with Crippen LogP contribution in [0.15, 0.2) is 34.2 Å². The van der Waals surface area contributed by atoms with Gasteiger partial charge >= 0.3 is 0 Å². The number of halogens is 1. The fourth-order valence-corrected chi connectivity index (χ4v) is 3.63. The van der Waals surface area contributed by atoms with E-state index in [9.17, 15) is 13.2 Å². The zero-order valence-corrected chi connectivity index (χ0v) is 15.1. The molecule has 134 valence electrons. The summed E-state index contributed by atoms with van der Waals surface area (Å²) in [7, 11) is -3.57. The van der Waals surface area contributed by atoms with Crippen molar-refractivity contribution in [3.63, 3.8) is 0 Å². The lowest BCUT2D eigenvalue weighted by Gasteiger charge is -2.15. The van der Waals surface area contributed by atoms with Crippen LogP contribution in [0.5, 0.6) is 0 Å². The first-order valence-electron chi connectivity index (χ1n) is 7.64. The Bertz CT molecular complexity index is 706. The van der Waals surface area contributed by atoms with Gasteiger partial charge in [-0.2, -0.15) is 0 Å². The van der Waals surface area contributed by atoms with Crippen molar-refractivity contribution in [3.05, 3.63) is 29.8 Å². The number of carbonyl (C=O) groups excluding carboxylic acids is 1. The third-order valence-corrected chi connectivity index (χ3v) is 5.00. The number of fused-ring (bicyclic) bond motifs is 1. The largest absolute Gasteiger partial charge is 0.350 e. The second-order valence-electron chi connectivity index (χ2n) is 5.41. The van der Waals surface area contributed by atoms with Crippen LogP contribution in [0.2, 0.25) is 0 Å². The smallest absolute Gasteiger partial charge is 0.263 e. The first-order chi connectivity index (χ1) is 11.0. The van der Waals surface area contributed by atoms with Crippen molar-refractivity contribution >= 4 is 34.2 Å². The molecule has 1 aliphatic rings. The van der Waals surface area contributed by atoms with E-state index in [1.807, 2.05) is 0 Å². The van der Waals surface area contributed by atoms with Crippen LogP contribution >= 0.6 is 12.4 Å². The summed E-state index contributed by atoms with van der Waals surface area (Å²) >= 11 is 0. The van der Waals surface area contributed by atoms with Gasteiger partial charge < -0.3 is 11.1 Å². The second kappa shape index (κ2) is 9.00. The summed E-state index contributed by atoms with van der Waals surface area (Å²) in [4.78, 5) is 16.2. The predicted octanol–water partition coefficient (Wildman–Crippen LogP) is 0.781. The van der Waals surface area contributed by atoms with E-state index >= 15 is 0 Å². The molecule has 1 atom stereocenters. The lowest BCUT2D eigenvalue weighted by atomic mass is 10.1. The van der Waals surface area contributed by atoms with Gasteiger partial charge in [0.25, 0.3) is 10.0 Å². The molecule has 0 bridgehead atoms. The Morgan fingerprint density at radius 2 is 2.08 bits per heavy atom. The third-order valence-electron chi connectivity index (χ3n) is 3.60. The van der Waals surface area contributed by atoms with Crippen molar-refractivity contribution in [2.24, 2.45) is 10.7 Å². The van der Waals surface area contributed by atoms with E-state index in [0.717, 1.165) is 19.3 Å². The summed E-state index contributed by atoms with van der Waals surface area (Å²) in [5, 5.41) is 2.82. The van der Waals surface area contributed by atoms with Gasteiger partial charge in [-0.25, -0.2) is 8.42 Å². The molecule has 1 aromatic carbocycles. The van der Waals surface area contributed by atoms with Gasteiger partial charge in [0.2, 0.25) is 5.91 Å². The van der Waals surface area contributed by atoms with Crippen LogP contribution < -0.4 is 15.8 Å². The van der Waals surface area contributed by atoms with Crippen molar-refractivity contribution in [2.75, 3.05) is 13.1 Å². The number of nitrogens with one attached hydrogen (secondary N) is 2. The lowest BCUT2D eigenvalue weighted by molar-refractivity contribution is -0.120. The molecule has 0 saturated heterocycles. The maximum Gasteiger partial charge on any atom is 0.263 e. The second-order valence-corrected chi connectivity index (χ2v) is 7.06. The fourth-order valence-electron chi connectivity index (χ4n) is 2.37. The Kier molecular flexibility index (Phi) is 7.65. The molecular formula is C15H23ClN4O3S. The molecule has 2 rings (SSSR count). The van der Waals surface area contributed by atoms with Crippen LogP contribution in [0.25, 0.3) is 0 Å². The normalized spacial score (nSPS) is 17.5. The summed E-state index contributed by atoms with van der Waals surface area (Å²) in [5.74, 6) is -0.0683. The fraction of sp³-hybridized carbons (Fsp3) is 0.467. The Morgan fingerprint density at radius 3 is 2.75 bits per heavy atom. The van der Waals surface area contributed by atoms with E-state index in [1.54, 1.807) is 18.2 Å². The minimum Gasteiger partial charge on any atom is -0.350 e. The van der Waals surface area contributed by atoms with Gasteiger partial charge in [0.15, 0.2) is 0 Å². The van der Waals surface area contributed by atoms with Crippen molar-refractivity contribution in [1.82, 2.24) is 10.0 Å². The molecule has 0 aliphatic carbocycles. The van der Waals surface area contributed by atoms with Crippen LogP contribution in [0.4, 0.5) is 0 Å². The molecule has 1 unspecified atom stereocenters. The Balaban J connectivity index is 0.00000288. The molecule has 1 amide bonds. The average Bonchev–Trinajstić information content (AvgIpc) is 2.81. The summed E-state index contributed by atoms with van der Waals surface area (Å²) in [6.07, 6.45) is 2.85. The van der Waals surface area contributed by atoms with Gasteiger partial charge in [0, 0.05) is 18.2 Å². The highest BCUT2D eigenvalue weighted by molar-refractivity contribution is 7.90. The average molecular weight is 375 g/mol. The topological polar surface area (TPSA) is 114 Å². The van der Waals surface area contributed by atoms with Crippen molar-refractivity contribution in [2.45, 2.75) is 37.1 Å². The minimum atomic E-state index is -3.57.